The second-order valence-electron chi connectivity index (χ2n) is 6.36. The number of nitrogens with one attached hydrogen (secondary N) is 1. The molecule has 0 atom stereocenters. The van der Waals surface area contributed by atoms with E-state index in [-0.39, 0.29) is 11.8 Å². The predicted octanol–water partition coefficient (Wildman–Crippen LogP) is 4.65. The van der Waals surface area contributed by atoms with Crippen molar-refractivity contribution in [2.24, 2.45) is 0 Å². The van der Waals surface area contributed by atoms with Gasteiger partial charge in [-0.15, -0.1) is 11.3 Å². The van der Waals surface area contributed by atoms with Crippen LogP contribution in [-0.2, 0) is 11.3 Å². The fraction of sp³-hybridized carbons (Fsp3) is 0.0870. The SMILES string of the molecule is O=C(NCc1csc(-c2cccnc2)n1)C(c1ccccc1)c1ccccc1. The molecule has 1 N–H and O–H groups in total. The molecule has 0 aliphatic rings. The third-order valence-electron chi connectivity index (χ3n) is 4.43. The van der Waals surface area contributed by atoms with E-state index < -0.39 is 0 Å². The van der Waals surface area contributed by atoms with Gasteiger partial charge in [-0.25, -0.2) is 4.98 Å². The van der Waals surface area contributed by atoms with Crippen molar-refractivity contribution in [2.45, 2.75) is 12.5 Å². The summed E-state index contributed by atoms with van der Waals surface area (Å²) in [5.41, 5.74) is 3.77. The highest BCUT2D eigenvalue weighted by molar-refractivity contribution is 7.13. The second-order valence-corrected chi connectivity index (χ2v) is 7.22. The Morgan fingerprint density at radius 3 is 2.21 bits per heavy atom. The molecule has 0 saturated heterocycles. The third kappa shape index (κ3) is 4.15. The number of benzene rings is 2. The number of amides is 1. The van der Waals surface area contributed by atoms with E-state index in [4.69, 9.17) is 0 Å². The molecule has 0 aliphatic carbocycles. The Balaban J connectivity index is 1.50. The number of hydrogen-bond acceptors (Lipinski definition) is 4. The van der Waals surface area contributed by atoms with Crippen LogP contribution < -0.4 is 5.32 Å². The van der Waals surface area contributed by atoms with Gasteiger partial charge >= 0.3 is 0 Å². The Morgan fingerprint density at radius 1 is 0.929 bits per heavy atom. The van der Waals surface area contributed by atoms with Crippen LogP contribution >= 0.6 is 11.3 Å². The van der Waals surface area contributed by atoms with E-state index in [1.807, 2.05) is 78.2 Å². The molecule has 0 bridgehead atoms. The van der Waals surface area contributed by atoms with Gasteiger partial charge in [0.25, 0.3) is 0 Å². The van der Waals surface area contributed by atoms with Crippen molar-refractivity contribution >= 4 is 17.2 Å². The summed E-state index contributed by atoms with van der Waals surface area (Å²) < 4.78 is 0. The lowest BCUT2D eigenvalue weighted by Crippen LogP contribution is -2.29. The molecule has 0 radical (unpaired) electrons. The van der Waals surface area contributed by atoms with Crippen LogP contribution in [0.25, 0.3) is 10.6 Å². The molecule has 4 rings (SSSR count). The standard InChI is InChI=1S/C23H19N3OS/c27-22(21(17-8-3-1-4-9-17)18-10-5-2-6-11-18)25-15-20-16-28-23(26-20)19-12-7-13-24-14-19/h1-14,16,21H,15H2,(H,25,27). The van der Waals surface area contributed by atoms with E-state index in [9.17, 15) is 4.79 Å². The maximum atomic E-state index is 13.0. The Kier molecular flexibility index (Phi) is 5.54. The minimum Gasteiger partial charge on any atom is -0.350 e. The van der Waals surface area contributed by atoms with Gasteiger partial charge in [0.05, 0.1) is 18.2 Å². The Hall–Kier alpha value is -3.31. The molecule has 0 aliphatic heterocycles. The summed E-state index contributed by atoms with van der Waals surface area (Å²) in [6.07, 6.45) is 3.54. The summed E-state index contributed by atoms with van der Waals surface area (Å²) in [5.74, 6) is -0.382. The number of carbonyl (C=O) groups excluding carboxylic acids is 1. The lowest BCUT2D eigenvalue weighted by atomic mass is 9.90. The van der Waals surface area contributed by atoms with Gasteiger partial charge in [0, 0.05) is 23.3 Å². The molecule has 0 saturated carbocycles. The summed E-state index contributed by atoms with van der Waals surface area (Å²) in [5, 5.41) is 5.93. The van der Waals surface area contributed by atoms with Crippen molar-refractivity contribution in [3.8, 4) is 10.6 Å². The van der Waals surface area contributed by atoms with Crippen molar-refractivity contribution in [1.29, 1.82) is 0 Å². The first kappa shape index (κ1) is 18.1. The lowest BCUT2D eigenvalue weighted by molar-refractivity contribution is -0.121. The van der Waals surface area contributed by atoms with Gasteiger partial charge in [-0.05, 0) is 23.3 Å². The molecule has 5 heteroatoms. The number of aromatic nitrogens is 2. The van der Waals surface area contributed by atoms with Crippen molar-refractivity contribution in [1.82, 2.24) is 15.3 Å². The smallest absolute Gasteiger partial charge is 0.232 e. The van der Waals surface area contributed by atoms with Gasteiger partial charge in [0.15, 0.2) is 0 Å². The Morgan fingerprint density at radius 2 is 1.61 bits per heavy atom. The molecule has 1 amide bonds. The number of rotatable bonds is 6. The van der Waals surface area contributed by atoms with Gasteiger partial charge in [-0.1, -0.05) is 60.7 Å². The van der Waals surface area contributed by atoms with E-state index in [0.29, 0.717) is 6.54 Å². The summed E-state index contributed by atoms with van der Waals surface area (Å²) in [6.45, 7) is 0.395. The average Bonchev–Trinajstić information content (AvgIpc) is 3.24. The van der Waals surface area contributed by atoms with Crippen LogP contribution in [0.5, 0.6) is 0 Å². The van der Waals surface area contributed by atoms with E-state index in [2.05, 4.69) is 15.3 Å². The van der Waals surface area contributed by atoms with Crippen LogP contribution in [0.2, 0.25) is 0 Å². The summed E-state index contributed by atoms with van der Waals surface area (Å²) in [7, 11) is 0. The van der Waals surface area contributed by atoms with Crippen molar-refractivity contribution in [2.75, 3.05) is 0 Å². The predicted molar refractivity (Wildman–Crippen MR) is 112 cm³/mol. The number of thiazole rings is 1. The molecule has 4 aromatic rings. The zero-order valence-electron chi connectivity index (χ0n) is 15.2. The van der Waals surface area contributed by atoms with Crippen molar-refractivity contribution in [3.63, 3.8) is 0 Å². The lowest BCUT2D eigenvalue weighted by Gasteiger charge is -2.17. The third-order valence-corrected chi connectivity index (χ3v) is 5.37. The van der Waals surface area contributed by atoms with Crippen molar-refractivity contribution in [3.05, 3.63) is 107 Å². The van der Waals surface area contributed by atoms with E-state index >= 15 is 0 Å². The monoisotopic (exact) mass is 385 g/mol. The average molecular weight is 385 g/mol. The Labute approximate surface area is 167 Å². The molecule has 2 aromatic carbocycles. The molecule has 0 spiro atoms. The quantitative estimate of drug-likeness (QED) is 0.525. The number of carbonyl (C=O) groups is 1. The summed E-state index contributed by atoms with van der Waals surface area (Å²) in [6, 6.07) is 23.6. The van der Waals surface area contributed by atoms with Gasteiger partial charge in [0.1, 0.15) is 5.01 Å². The van der Waals surface area contributed by atoms with Crippen LogP contribution in [0, 0.1) is 0 Å². The molecule has 138 valence electrons. The van der Waals surface area contributed by atoms with E-state index in [1.165, 1.54) is 0 Å². The first-order valence-electron chi connectivity index (χ1n) is 9.03. The zero-order valence-corrected chi connectivity index (χ0v) is 16.0. The minimum atomic E-state index is -0.348. The van der Waals surface area contributed by atoms with Gasteiger partial charge in [-0.2, -0.15) is 0 Å². The van der Waals surface area contributed by atoms with Crippen LogP contribution in [0.3, 0.4) is 0 Å². The van der Waals surface area contributed by atoms with Gasteiger partial charge in [-0.3, -0.25) is 9.78 Å². The van der Waals surface area contributed by atoms with Crippen molar-refractivity contribution < 1.29 is 4.79 Å². The summed E-state index contributed by atoms with van der Waals surface area (Å²) in [4.78, 5) is 21.8. The highest BCUT2D eigenvalue weighted by Gasteiger charge is 2.22. The molecule has 0 unspecified atom stereocenters. The molecule has 4 nitrogen and oxygen atoms in total. The molecule has 0 fully saturated rings. The topological polar surface area (TPSA) is 54.9 Å². The number of hydrogen-bond donors (Lipinski definition) is 1. The molecular weight excluding hydrogens is 366 g/mol. The normalized spacial score (nSPS) is 10.8. The van der Waals surface area contributed by atoms with E-state index in [1.54, 1.807) is 23.7 Å². The fourth-order valence-corrected chi connectivity index (χ4v) is 3.89. The first-order valence-corrected chi connectivity index (χ1v) is 9.91. The van der Waals surface area contributed by atoms with Crippen LogP contribution in [-0.4, -0.2) is 15.9 Å². The molecule has 2 heterocycles. The number of pyridine rings is 1. The minimum absolute atomic E-state index is 0.0340. The fourth-order valence-electron chi connectivity index (χ4n) is 3.08. The second kappa shape index (κ2) is 8.59. The van der Waals surface area contributed by atoms with Crippen LogP contribution in [0.1, 0.15) is 22.7 Å². The zero-order chi connectivity index (χ0) is 19.2. The molecule has 28 heavy (non-hydrogen) atoms. The highest BCUT2D eigenvalue weighted by atomic mass is 32.1. The maximum Gasteiger partial charge on any atom is 0.232 e. The van der Waals surface area contributed by atoms with Gasteiger partial charge in [0.2, 0.25) is 5.91 Å². The highest BCUT2D eigenvalue weighted by Crippen LogP contribution is 2.26. The van der Waals surface area contributed by atoms with Gasteiger partial charge < -0.3 is 5.32 Å². The molecular formula is C23H19N3OS. The summed E-state index contributed by atoms with van der Waals surface area (Å²) >= 11 is 1.55. The Bertz CT molecular complexity index is 994. The van der Waals surface area contributed by atoms with Crippen LogP contribution in [0.4, 0.5) is 0 Å². The van der Waals surface area contributed by atoms with Crippen LogP contribution in [0.15, 0.2) is 90.6 Å². The maximum absolute atomic E-state index is 13.0. The largest absolute Gasteiger partial charge is 0.350 e. The number of nitrogens with zero attached hydrogens (tertiary/aromatic N) is 2. The first-order chi connectivity index (χ1) is 13.8. The van der Waals surface area contributed by atoms with E-state index in [0.717, 1.165) is 27.4 Å². The molecule has 2 aromatic heterocycles.